The van der Waals surface area contributed by atoms with Crippen molar-refractivity contribution in [2.24, 2.45) is 0 Å². The summed E-state index contributed by atoms with van der Waals surface area (Å²) in [7, 11) is 0. The predicted molar refractivity (Wildman–Crippen MR) is 60.9 cm³/mol. The second-order valence-corrected chi connectivity index (χ2v) is 4.30. The molecule has 1 atom stereocenters. The van der Waals surface area contributed by atoms with Crippen molar-refractivity contribution >= 4 is 15.9 Å². The fourth-order valence-electron chi connectivity index (χ4n) is 1.16. The highest BCUT2D eigenvalue weighted by atomic mass is 79.9. The van der Waals surface area contributed by atoms with Gasteiger partial charge in [0, 0.05) is 17.1 Å². The summed E-state index contributed by atoms with van der Waals surface area (Å²) in [5.74, 6) is -0.200. The average Bonchev–Trinajstić information content (AvgIpc) is 2.14. The van der Waals surface area contributed by atoms with E-state index in [2.05, 4.69) is 27.8 Å². The molecule has 1 aromatic carbocycles. The van der Waals surface area contributed by atoms with Gasteiger partial charge in [-0.2, -0.15) is 0 Å². The van der Waals surface area contributed by atoms with Gasteiger partial charge in [0.25, 0.3) is 0 Å². The van der Waals surface area contributed by atoms with E-state index >= 15 is 0 Å². The van der Waals surface area contributed by atoms with Crippen molar-refractivity contribution in [3.63, 3.8) is 0 Å². The lowest BCUT2D eigenvalue weighted by Gasteiger charge is -2.13. The molecule has 0 aliphatic rings. The number of rotatable bonds is 4. The lowest BCUT2D eigenvalue weighted by Crippen LogP contribution is -2.19. The monoisotopic (exact) mass is 257 g/mol. The minimum Gasteiger partial charge on any atom is -0.306 e. The Hall–Kier alpha value is -0.670. The van der Waals surface area contributed by atoms with Crippen LogP contribution in [0.2, 0.25) is 0 Å². The van der Waals surface area contributed by atoms with Gasteiger partial charge in [0.2, 0.25) is 0 Å². The summed E-state index contributed by atoms with van der Waals surface area (Å²) >= 11 is 3.26. The zero-order valence-corrected chi connectivity index (χ0v) is 9.64. The second-order valence-electron chi connectivity index (χ2n) is 3.17. The molecule has 0 bridgehead atoms. The van der Waals surface area contributed by atoms with E-state index in [4.69, 9.17) is 0 Å². The first-order valence-electron chi connectivity index (χ1n) is 4.41. The first-order valence-corrected chi connectivity index (χ1v) is 5.21. The van der Waals surface area contributed by atoms with Crippen molar-refractivity contribution in [2.45, 2.75) is 13.0 Å². The van der Waals surface area contributed by atoms with Gasteiger partial charge in [0.1, 0.15) is 5.82 Å². The van der Waals surface area contributed by atoms with E-state index in [9.17, 15) is 4.39 Å². The van der Waals surface area contributed by atoms with Crippen LogP contribution in [0, 0.1) is 5.82 Å². The molecular weight excluding hydrogens is 245 g/mol. The van der Waals surface area contributed by atoms with Crippen LogP contribution in [0.25, 0.3) is 0 Å². The smallest absolute Gasteiger partial charge is 0.123 e. The zero-order chi connectivity index (χ0) is 10.6. The summed E-state index contributed by atoms with van der Waals surface area (Å²) in [5.41, 5.74) is 0.943. The highest BCUT2D eigenvalue weighted by Gasteiger charge is 2.04. The second kappa shape index (κ2) is 5.27. The van der Waals surface area contributed by atoms with Crippen molar-refractivity contribution in [2.75, 3.05) is 6.54 Å². The normalized spacial score (nSPS) is 12.5. The first kappa shape index (κ1) is 11.4. The lowest BCUT2D eigenvalue weighted by atomic mass is 10.1. The maximum Gasteiger partial charge on any atom is 0.123 e. The van der Waals surface area contributed by atoms with Crippen LogP contribution in [0.5, 0.6) is 0 Å². The van der Waals surface area contributed by atoms with Gasteiger partial charge in [0.05, 0.1) is 0 Å². The molecule has 0 aromatic heterocycles. The summed E-state index contributed by atoms with van der Waals surface area (Å²) in [4.78, 5) is 0. The Morgan fingerprint density at radius 3 is 2.93 bits per heavy atom. The molecule has 0 heterocycles. The number of hydrogen-bond acceptors (Lipinski definition) is 1. The summed E-state index contributed by atoms with van der Waals surface area (Å²) in [5, 5.41) is 3.21. The van der Waals surface area contributed by atoms with Gasteiger partial charge in [-0.15, -0.1) is 0 Å². The summed E-state index contributed by atoms with van der Waals surface area (Å²) in [6.07, 6.45) is 0. The molecule has 14 heavy (non-hydrogen) atoms. The van der Waals surface area contributed by atoms with Gasteiger partial charge < -0.3 is 5.32 Å². The van der Waals surface area contributed by atoms with E-state index in [0.29, 0.717) is 6.54 Å². The highest BCUT2D eigenvalue weighted by Crippen LogP contribution is 2.13. The molecule has 0 aliphatic heterocycles. The minimum absolute atomic E-state index is 0.125. The van der Waals surface area contributed by atoms with Crippen LogP contribution in [-0.2, 0) is 0 Å². The van der Waals surface area contributed by atoms with Gasteiger partial charge in [0.15, 0.2) is 0 Å². The Labute approximate surface area is 92.1 Å². The quantitative estimate of drug-likeness (QED) is 0.872. The largest absolute Gasteiger partial charge is 0.306 e. The molecular formula is C11H13BrFN. The van der Waals surface area contributed by atoms with Crippen LogP contribution < -0.4 is 5.32 Å². The number of halogens is 2. The molecule has 1 unspecified atom stereocenters. The van der Waals surface area contributed by atoms with E-state index in [-0.39, 0.29) is 11.9 Å². The van der Waals surface area contributed by atoms with Crippen molar-refractivity contribution in [3.05, 3.63) is 46.7 Å². The molecule has 0 fully saturated rings. The molecule has 0 amide bonds. The van der Waals surface area contributed by atoms with Gasteiger partial charge >= 0.3 is 0 Å². The Balaban J connectivity index is 2.60. The third-order valence-electron chi connectivity index (χ3n) is 1.95. The van der Waals surface area contributed by atoms with E-state index < -0.39 is 0 Å². The molecule has 1 N–H and O–H groups in total. The van der Waals surface area contributed by atoms with Crippen molar-refractivity contribution in [3.8, 4) is 0 Å². The van der Waals surface area contributed by atoms with Crippen molar-refractivity contribution < 1.29 is 4.39 Å². The van der Waals surface area contributed by atoms with Gasteiger partial charge in [-0.1, -0.05) is 34.6 Å². The van der Waals surface area contributed by atoms with Gasteiger partial charge in [-0.25, -0.2) is 4.39 Å². The Morgan fingerprint density at radius 1 is 1.64 bits per heavy atom. The fraction of sp³-hybridized carbons (Fsp3) is 0.273. The van der Waals surface area contributed by atoms with Crippen LogP contribution in [0.15, 0.2) is 35.3 Å². The Morgan fingerprint density at radius 2 is 2.36 bits per heavy atom. The minimum atomic E-state index is -0.200. The third-order valence-corrected chi connectivity index (χ3v) is 2.23. The van der Waals surface area contributed by atoms with E-state index in [0.717, 1.165) is 10.0 Å². The molecule has 3 heteroatoms. The number of nitrogens with one attached hydrogen (secondary N) is 1. The molecule has 0 spiro atoms. The predicted octanol–water partition coefficient (Wildman–Crippen LogP) is 3.38. The molecule has 1 aromatic rings. The molecule has 0 saturated heterocycles. The number of hydrogen-bond donors (Lipinski definition) is 1. The van der Waals surface area contributed by atoms with Crippen LogP contribution in [-0.4, -0.2) is 6.54 Å². The van der Waals surface area contributed by atoms with Gasteiger partial charge in [-0.3, -0.25) is 0 Å². The van der Waals surface area contributed by atoms with Gasteiger partial charge in [-0.05, 0) is 24.6 Å². The van der Waals surface area contributed by atoms with E-state index in [1.165, 1.54) is 12.1 Å². The van der Waals surface area contributed by atoms with E-state index in [1.54, 1.807) is 6.07 Å². The average molecular weight is 258 g/mol. The van der Waals surface area contributed by atoms with Crippen LogP contribution >= 0.6 is 15.9 Å². The number of benzene rings is 1. The molecule has 0 saturated carbocycles. The maximum atomic E-state index is 12.9. The lowest BCUT2D eigenvalue weighted by molar-refractivity contribution is 0.594. The molecule has 1 nitrogen and oxygen atoms in total. The fourth-order valence-corrected chi connectivity index (χ4v) is 1.32. The van der Waals surface area contributed by atoms with Crippen LogP contribution in [0.4, 0.5) is 4.39 Å². The van der Waals surface area contributed by atoms with Crippen molar-refractivity contribution in [1.29, 1.82) is 0 Å². The summed E-state index contributed by atoms with van der Waals surface area (Å²) in [6.45, 7) is 6.39. The summed E-state index contributed by atoms with van der Waals surface area (Å²) < 4.78 is 13.8. The zero-order valence-electron chi connectivity index (χ0n) is 8.06. The van der Waals surface area contributed by atoms with E-state index in [1.807, 2.05) is 13.0 Å². The highest BCUT2D eigenvalue weighted by molar-refractivity contribution is 9.11. The molecule has 76 valence electrons. The molecule has 0 radical (unpaired) electrons. The third kappa shape index (κ3) is 3.60. The Kier molecular flexibility index (Phi) is 4.29. The Bertz CT molecular complexity index is 325. The van der Waals surface area contributed by atoms with Crippen molar-refractivity contribution in [1.82, 2.24) is 5.32 Å². The standard InChI is InChI=1S/C11H13BrFN/c1-8(12)7-14-9(2)10-4-3-5-11(13)6-10/h3-6,9,14H,1,7H2,2H3. The topological polar surface area (TPSA) is 12.0 Å². The van der Waals surface area contributed by atoms with Crippen LogP contribution in [0.1, 0.15) is 18.5 Å². The molecule has 0 aliphatic carbocycles. The first-order chi connectivity index (χ1) is 6.59. The van der Waals surface area contributed by atoms with Crippen LogP contribution in [0.3, 0.4) is 0 Å². The SMILES string of the molecule is C=C(Br)CNC(C)c1cccc(F)c1. The molecule has 1 rings (SSSR count). The maximum absolute atomic E-state index is 12.9. The summed E-state index contributed by atoms with van der Waals surface area (Å²) in [6, 6.07) is 6.72.